The number of hydrogen-bond acceptors (Lipinski definition) is 6. The van der Waals surface area contributed by atoms with Gasteiger partial charge in [0, 0.05) is 50.2 Å². The molecule has 1 N–H and O–H groups in total. The van der Waals surface area contributed by atoms with Gasteiger partial charge in [-0.05, 0) is 95.4 Å². The van der Waals surface area contributed by atoms with Crippen molar-refractivity contribution in [1.29, 1.82) is 0 Å². The lowest BCUT2D eigenvalue weighted by molar-refractivity contribution is -0.117. The fraction of sp³-hybridized carbons (Fsp3) is 0.436. The largest absolute Gasteiger partial charge is 0.487 e. The highest BCUT2D eigenvalue weighted by Gasteiger charge is 2.32. The second-order valence-corrected chi connectivity index (χ2v) is 13.2. The zero-order valence-corrected chi connectivity index (χ0v) is 29.8. The van der Waals surface area contributed by atoms with E-state index in [-0.39, 0.29) is 40.9 Å². The molecule has 0 amide bonds. The highest BCUT2D eigenvalue weighted by molar-refractivity contribution is 6.18. The molecule has 1 atom stereocenters. The molecule has 3 aromatic rings. The molecule has 7 nitrogen and oxygen atoms in total. The minimum atomic E-state index is -0.0958. The van der Waals surface area contributed by atoms with Crippen molar-refractivity contribution in [2.24, 2.45) is 5.92 Å². The number of piperidine rings is 2. The molecule has 2 aliphatic heterocycles. The van der Waals surface area contributed by atoms with Gasteiger partial charge in [0.1, 0.15) is 22.7 Å². The summed E-state index contributed by atoms with van der Waals surface area (Å²) in [6, 6.07) is 25.4. The Bertz CT molecular complexity index is 1470. The van der Waals surface area contributed by atoms with Crippen LogP contribution in [0.5, 0.6) is 11.5 Å². The number of alkyl halides is 1. The van der Waals surface area contributed by atoms with E-state index < -0.39 is 0 Å². The van der Waals surface area contributed by atoms with Gasteiger partial charge in [-0.2, -0.15) is 0 Å². The van der Waals surface area contributed by atoms with Crippen molar-refractivity contribution >= 4 is 29.8 Å². The van der Waals surface area contributed by atoms with Crippen molar-refractivity contribution < 1.29 is 14.3 Å². The van der Waals surface area contributed by atoms with Gasteiger partial charge in [0.25, 0.3) is 5.56 Å². The minimum Gasteiger partial charge on any atom is -0.487 e. The number of rotatable bonds is 9. The third-order valence-corrected chi connectivity index (χ3v) is 9.06. The van der Waals surface area contributed by atoms with Gasteiger partial charge in [-0.3, -0.25) is 9.59 Å². The molecule has 2 fully saturated rings. The van der Waals surface area contributed by atoms with Crippen LogP contribution in [0.2, 0.25) is 0 Å². The SMILES string of the molecule is CC1(Oc2ccccc2)CCN(CCn2ccccc2=O)CC1.CC1(Oc2ccccc2)CCNCC1.Cl.O=C1C=CC=CC1CCCl. The maximum Gasteiger partial charge on any atom is 0.250 e. The third kappa shape index (κ3) is 13.3. The Morgan fingerprint density at radius 1 is 0.771 bits per heavy atom. The van der Waals surface area contributed by atoms with Gasteiger partial charge < -0.3 is 24.3 Å². The van der Waals surface area contributed by atoms with Crippen LogP contribution in [0.15, 0.2) is 114 Å². The minimum absolute atomic E-state index is 0. The fourth-order valence-corrected chi connectivity index (χ4v) is 6.01. The monoisotopic (exact) mass is 695 g/mol. The van der Waals surface area contributed by atoms with E-state index in [0.717, 1.165) is 82.9 Å². The molecule has 260 valence electrons. The van der Waals surface area contributed by atoms with Gasteiger partial charge in [-0.15, -0.1) is 24.0 Å². The van der Waals surface area contributed by atoms with Crippen LogP contribution >= 0.6 is 24.0 Å². The summed E-state index contributed by atoms with van der Waals surface area (Å²) in [4.78, 5) is 25.1. The van der Waals surface area contributed by atoms with E-state index >= 15 is 0 Å². The highest BCUT2D eigenvalue weighted by atomic mass is 35.5. The number of benzene rings is 2. The average molecular weight is 697 g/mol. The number of para-hydroxylation sites is 2. The number of carbonyl (C=O) groups is 1. The molecule has 0 saturated carbocycles. The van der Waals surface area contributed by atoms with Crippen molar-refractivity contribution in [2.75, 3.05) is 38.6 Å². The molecule has 2 saturated heterocycles. The normalized spacial score (nSPS) is 19.4. The first-order valence-electron chi connectivity index (χ1n) is 16.8. The number of halogens is 2. The standard InChI is InChI=1S/C19H24N2O2.C12H17NO.C8H9ClO.ClH/c1-19(23-17-7-3-2-4-8-17)10-13-20(14-11-19)15-16-21-12-6-5-9-18(21)22;1-12(7-9-13-10-8-12)14-11-5-3-2-4-6-11;9-6-5-7-3-1-2-4-8(7)10;/h2-9,12H,10-11,13-16H2,1H3;2-6,13H,7-10H2,1H3;1-4,7H,5-6H2;1H. The quantitative estimate of drug-likeness (QED) is 0.236. The Hall–Kier alpha value is -3.36. The summed E-state index contributed by atoms with van der Waals surface area (Å²) in [6.45, 7) is 10.2. The molecule has 1 unspecified atom stereocenters. The van der Waals surface area contributed by atoms with Crippen LogP contribution in [-0.4, -0.2) is 65.1 Å². The maximum absolute atomic E-state index is 11.7. The number of ether oxygens (including phenoxy) is 2. The predicted octanol–water partition coefficient (Wildman–Crippen LogP) is 7.34. The van der Waals surface area contributed by atoms with Crippen LogP contribution in [0.3, 0.4) is 0 Å². The van der Waals surface area contributed by atoms with Crippen LogP contribution in [0.25, 0.3) is 0 Å². The number of pyridine rings is 1. The number of hydrogen-bond donors (Lipinski definition) is 1. The van der Waals surface area contributed by atoms with Gasteiger partial charge in [-0.1, -0.05) is 60.7 Å². The van der Waals surface area contributed by atoms with E-state index in [0.29, 0.717) is 5.88 Å². The molecular formula is C39H51Cl2N3O4. The number of ketones is 1. The Morgan fingerprint density at radius 2 is 1.33 bits per heavy atom. The Labute approximate surface area is 297 Å². The number of nitrogens with zero attached hydrogens (tertiary/aromatic N) is 2. The molecule has 2 aromatic carbocycles. The molecular weight excluding hydrogens is 645 g/mol. The summed E-state index contributed by atoms with van der Waals surface area (Å²) < 4.78 is 14.0. The molecule has 9 heteroatoms. The second-order valence-electron chi connectivity index (χ2n) is 12.8. The summed E-state index contributed by atoms with van der Waals surface area (Å²) in [6.07, 6.45) is 13.9. The summed E-state index contributed by atoms with van der Waals surface area (Å²) in [5.41, 5.74) is -0.00428. The fourth-order valence-electron chi connectivity index (χ4n) is 5.77. The van der Waals surface area contributed by atoms with Gasteiger partial charge in [0.15, 0.2) is 5.78 Å². The summed E-state index contributed by atoms with van der Waals surface area (Å²) in [5, 5.41) is 3.35. The second kappa shape index (κ2) is 20.2. The van der Waals surface area contributed by atoms with Crippen LogP contribution in [-0.2, 0) is 11.3 Å². The lowest BCUT2D eigenvalue weighted by atomic mass is 9.93. The zero-order chi connectivity index (χ0) is 33.4. The van der Waals surface area contributed by atoms with E-state index in [9.17, 15) is 9.59 Å². The zero-order valence-electron chi connectivity index (χ0n) is 28.3. The summed E-state index contributed by atoms with van der Waals surface area (Å²) in [7, 11) is 0. The van der Waals surface area contributed by atoms with E-state index in [4.69, 9.17) is 21.1 Å². The van der Waals surface area contributed by atoms with Crippen molar-refractivity contribution in [3.63, 3.8) is 0 Å². The molecule has 3 aliphatic rings. The average Bonchev–Trinajstić information content (AvgIpc) is 3.08. The van der Waals surface area contributed by atoms with Crippen molar-refractivity contribution in [1.82, 2.24) is 14.8 Å². The van der Waals surface area contributed by atoms with Gasteiger partial charge in [0.2, 0.25) is 0 Å². The highest BCUT2D eigenvalue weighted by Crippen LogP contribution is 2.28. The molecule has 6 rings (SSSR count). The van der Waals surface area contributed by atoms with Crippen molar-refractivity contribution in [3.8, 4) is 11.5 Å². The Kier molecular flexibility index (Phi) is 16.5. The topological polar surface area (TPSA) is 72.8 Å². The Balaban J connectivity index is 0.000000213. The molecule has 1 aliphatic carbocycles. The molecule has 0 radical (unpaired) electrons. The van der Waals surface area contributed by atoms with E-state index in [1.807, 2.05) is 85.1 Å². The van der Waals surface area contributed by atoms with E-state index in [1.54, 1.807) is 28.9 Å². The van der Waals surface area contributed by atoms with Gasteiger partial charge in [-0.25, -0.2) is 0 Å². The maximum atomic E-state index is 11.7. The third-order valence-electron chi connectivity index (χ3n) is 8.85. The number of nitrogens with one attached hydrogen (secondary N) is 1. The molecule has 0 spiro atoms. The van der Waals surface area contributed by atoms with Crippen molar-refractivity contribution in [2.45, 2.75) is 63.7 Å². The number of likely N-dealkylation sites (tertiary alicyclic amines) is 1. The van der Waals surface area contributed by atoms with Crippen LogP contribution in [0.4, 0.5) is 0 Å². The first-order chi connectivity index (χ1) is 22.8. The summed E-state index contributed by atoms with van der Waals surface area (Å²) in [5.74, 6) is 2.68. The van der Waals surface area contributed by atoms with E-state index in [2.05, 4.69) is 24.1 Å². The smallest absolute Gasteiger partial charge is 0.250 e. The lowest BCUT2D eigenvalue weighted by Gasteiger charge is -2.39. The molecule has 0 bridgehead atoms. The van der Waals surface area contributed by atoms with Gasteiger partial charge >= 0.3 is 0 Å². The molecule has 48 heavy (non-hydrogen) atoms. The predicted molar refractivity (Wildman–Crippen MR) is 199 cm³/mol. The number of aromatic nitrogens is 1. The van der Waals surface area contributed by atoms with Crippen molar-refractivity contribution in [3.05, 3.63) is 120 Å². The first kappa shape index (κ1) is 39.1. The van der Waals surface area contributed by atoms with Gasteiger partial charge in [0.05, 0.1) is 0 Å². The van der Waals surface area contributed by atoms with E-state index in [1.165, 1.54) is 0 Å². The van der Waals surface area contributed by atoms with Crippen LogP contribution in [0.1, 0.15) is 46.0 Å². The molecule has 3 heterocycles. The number of allylic oxidation sites excluding steroid dienone is 4. The summed E-state index contributed by atoms with van der Waals surface area (Å²) >= 11 is 5.49. The first-order valence-corrected chi connectivity index (χ1v) is 17.3. The lowest BCUT2D eigenvalue weighted by Crippen LogP contribution is -2.47. The molecule has 1 aromatic heterocycles. The Morgan fingerprint density at radius 3 is 1.88 bits per heavy atom. The van der Waals surface area contributed by atoms with Crippen LogP contribution < -0.4 is 20.3 Å². The van der Waals surface area contributed by atoms with Crippen LogP contribution in [0, 0.1) is 5.92 Å². The number of carbonyl (C=O) groups excluding carboxylic acids is 1.